The number of H-pyrrole nitrogens is 1. The largest absolute Gasteiger partial charge is 0.396 e. The number of imidazole rings is 1. The SMILES string of the molecule is CC(C)(CO)CNC(=O)Cc1nc2cnc3[nH]ccc3c2n1C1CCC(CC#N)CC1. The second kappa shape index (κ2) is 8.67. The van der Waals surface area contributed by atoms with Crippen LogP contribution in [0.15, 0.2) is 18.5 Å². The molecule has 164 valence electrons. The van der Waals surface area contributed by atoms with Gasteiger partial charge in [-0.1, -0.05) is 13.8 Å². The van der Waals surface area contributed by atoms with Crippen LogP contribution in [0.1, 0.15) is 57.8 Å². The van der Waals surface area contributed by atoms with Crippen molar-refractivity contribution in [1.82, 2.24) is 24.8 Å². The molecule has 4 rings (SSSR count). The van der Waals surface area contributed by atoms with Crippen molar-refractivity contribution >= 4 is 28.0 Å². The van der Waals surface area contributed by atoms with E-state index in [4.69, 9.17) is 10.2 Å². The number of nitriles is 1. The number of hydrogen-bond donors (Lipinski definition) is 3. The Balaban J connectivity index is 1.66. The van der Waals surface area contributed by atoms with Crippen molar-refractivity contribution in [1.29, 1.82) is 5.26 Å². The second-order valence-corrected chi connectivity index (χ2v) is 9.44. The number of aromatic amines is 1. The molecule has 0 aliphatic heterocycles. The minimum absolute atomic E-state index is 0.00880. The molecule has 0 aromatic carbocycles. The molecule has 1 aliphatic rings. The maximum Gasteiger partial charge on any atom is 0.227 e. The number of fused-ring (bicyclic) bond motifs is 3. The van der Waals surface area contributed by atoms with E-state index in [1.165, 1.54) is 0 Å². The summed E-state index contributed by atoms with van der Waals surface area (Å²) in [7, 11) is 0. The maximum atomic E-state index is 12.7. The molecule has 8 heteroatoms. The molecular formula is C23H30N6O2. The first-order valence-electron chi connectivity index (χ1n) is 11.0. The average Bonchev–Trinajstić information content (AvgIpc) is 3.37. The summed E-state index contributed by atoms with van der Waals surface area (Å²) >= 11 is 0. The van der Waals surface area contributed by atoms with Gasteiger partial charge in [0, 0.05) is 42.6 Å². The van der Waals surface area contributed by atoms with E-state index in [9.17, 15) is 9.90 Å². The standard InChI is InChI=1S/C23H30N6O2/c1-23(2,14-30)13-27-20(31)11-19-28-18-12-26-22-17(8-10-25-22)21(18)29(19)16-5-3-15(4-6-16)7-9-24/h8,10,12,15-16,30H,3-7,11,13-14H2,1-2H3,(H,25,26)(H,27,31). The molecule has 3 aromatic heterocycles. The van der Waals surface area contributed by atoms with Gasteiger partial charge in [-0.2, -0.15) is 5.26 Å². The molecule has 3 heterocycles. The number of aliphatic hydroxyl groups excluding tert-OH is 1. The van der Waals surface area contributed by atoms with Crippen LogP contribution in [-0.4, -0.2) is 43.7 Å². The topological polar surface area (TPSA) is 120 Å². The quantitative estimate of drug-likeness (QED) is 0.540. The van der Waals surface area contributed by atoms with Gasteiger partial charge in [-0.3, -0.25) is 4.79 Å². The van der Waals surface area contributed by atoms with Crippen LogP contribution in [0.4, 0.5) is 0 Å². The van der Waals surface area contributed by atoms with E-state index < -0.39 is 0 Å². The zero-order valence-electron chi connectivity index (χ0n) is 18.2. The highest BCUT2D eigenvalue weighted by molar-refractivity contribution is 6.01. The van der Waals surface area contributed by atoms with Crippen molar-refractivity contribution in [3.05, 3.63) is 24.3 Å². The minimum Gasteiger partial charge on any atom is -0.396 e. The van der Waals surface area contributed by atoms with Crippen molar-refractivity contribution in [2.75, 3.05) is 13.2 Å². The van der Waals surface area contributed by atoms with Gasteiger partial charge >= 0.3 is 0 Å². The molecule has 31 heavy (non-hydrogen) atoms. The van der Waals surface area contributed by atoms with Crippen LogP contribution in [0.3, 0.4) is 0 Å². The summed E-state index contributed by atoms with van der Waals surface area (Å²) < 4.78 is 2.24. The number of aromatic nitrogens is 4. The van der Waals surface area contributed by atoms with Gasteiger partial charge in [-0.25, -0.2) is 9.97 Å². The number of pyridine rings is 1. The summed E-state index contributed by atoms with van der Waals surface area (Å²) in [4.78, 5) is 25.2. The van der Waals surface area contributed by atoms with Crippen molar-refractivity contribution < 1.29 is 9.90 Å². The van der Waals surface area contributed by atoms with Crippen molar-refractivity contribution in [2.24, 2.45) is 11.3 Å². The molecule has 1 saturated carbocycles. The van der Waals surface area contributed by atoms with E-state index >= 15 is 0 Å². The Hall–Kier alpha value is -2.92. The van der Waals surface area contributed by atoms with Crippen LogP contribution >= 0.6 is 0 Å². The predicted molar refractivity (Wildman–Crippen MR) is 118 cm³/mol. The van der Waals surface area contributed by atoms with E-state index in [1.54, 1.807) is 6.20 Å². The Morgan fingerprint density at radius 1 is 1.39 bits per heavy atom. The Bertz CT molecular complexity index is 1110. The van der Waals surface area contributed by atoms with Crippen molar-refractivity contribution in [3.63, 3.8) is 0 Å². The second-order valence-electron chi connectivity index (χ2n) is 9.44. The van der Waals surface area contributed by atoms with Gasteiger partial charge in [0.05, 0.1) is 24.2 Å². The Morgan fingerprint density at radius 2 is 2.16 bits per heavy atom. The number of nitrogens with zero attached hydrogens (tertiary/aromatic N) is 4. The molecular weight excluding hydrogens is 392 g/mol. The summed E-state index contributed by atoms with van der Waals surface area (Å²) in [6.45, 7) is 4.24. The van der Waals surface area contributed by atoms with Crippen LogP contribution in [0.5, 0.6) is 0 Å². The monoisotopic (exact) mass is 422 g/mol. The normalized spacial score (nSPS) is 19.5. The van der Waals surface area contributed by atoms with E-state index in [0.29, 0.717) is 18.9 Å². The van der Waals surface area contributed by atoms with Crippen molar-refractivity contribution in [2.45, 2.75) is 58.4 Å². The van der Waals surface area contributed by atoms with E-state index in [-0.39, 0.29) is 30.4 Å². The summed E-state index contributed by atoms with van der Waals surface area (Å²) in [6, 6.07) is 4.56. The number of rotatable bonds is 7. The molecule has 1 fully saturated rings. The number of amides is 1. The minimum atomic E-state index is -0.365. The molecule has 0 unspecified atom stereocenters. The predicted octanol–water partition coefficient (Wildman–Crippen LogP) is 3.23. The number of nitrogens with one attached hydrogen (secondary N) is 2. The van der Waals surface area contributed by atoms with Gasteiger partial charge in [0.1, 0.15) is 17.0 Å². The van der Waals surface area contributed by atoms with Crippen LogP contribution in [-0.2, 0) is 11.2 Å². The first-order valence-corrected chi connectivity index (χ1v) is 11.0. The Morgan fingerprint density at radius 3 is 2.87 bits per heavy atom. The number of carbonyl (C=O) groups excluding carboxylic acids is 1. The van der Waals surface area contributed by atoms with Gasteiger partial charge in [0.25, 0.3) is 0 Å². The van der Waals surface area contributed by atoms with Crippen LogP contribution in [0.25, 0.3) is 22.1 Å². The van der Waals surface area contributed by atoms with Gasteiger partial charge in [-0.15, -0.1) is 0 Å². The highest BCUT2D eigenvalue weighted by Crippen LogP contribution is 2.38. The highest BCUT2D eigenvalue weighted by atomic mass is 16.3. The lowest BCUT2D eigenvalue weighted by Crippen LogP contribution is -2.37. The molecule has 3 aromatic rings. The smallest absolute Gasteiger partial charge is 0.227 e. The third kappa shape index (κ3) is 4.42. The van der Waals surface area contributed by atoms with Gasteiger partial charge in [0.15, 0.2) is 0 Å². The lowest BCUT2D eigenvalue weighted by molar-refractivity contribution is -0.121. The number of aliphatic hydroxyl groups is 1. The fraction of sp³-hybridized carbons (Fsp3) is 0.565. The lowest BCUT2D eigenvalue weighted by Gasteiger charge is -2.30. The zero-order valence-corrected chi connectivity index (χ0v) is 18.2. The molecule has 1 amide bonds. The molecule has 3 N–H and O–H groups in total. The number of carbonyl (C=O) groups is 1. The molecule has 0 radical (unpaired) electrons. The molecule has 0 saturated heterocycles. The Kier molecular flexibility index (Phi) is 5.96. The van der Waals surface area contributed by atoms with Crippen LogP contribution in [0, 0.1) is 22.7 Å². The summed E-state index contributed by atoms with van der Waals surface area (Å²) in [5, 5.41) is 22.4. The summed E-state index contributed by atoms with van der Waals surface area (Å²) in [5.74, 6) is 1.10. The number of hydrogen-bond acceptors (Lipinski definition) is 5. The summed E-state index contributed by atoms with van der Waals surface area (Å²) in [5.41, 5.74) is 2.27. The van der Waals surface area contributed by atoms with Gasteiger partial charge in [-0.05, 0) is 37.7 Å². The first-order chi connectivity index (χ1) is 14.9. The van der Waals surface area contributed by atoms with Gasteiger partial charge in [0.2, 0.25) is 5.91 Å². The van der Waals surface area contributed by atoms with E-state index in [0.717, 1.165) is 53.6 Å². The molecule has 0 atom stereocenters. The fourth-order valence-corrected chi connectivity index (χ4v) is 4.49. The molecule has 0 bridgehead atoms. The fourth-order valence-electron chi connectivity index (χ4n) is 4.49. The van der Waals surface area contributed by atoms with Crippen LogP contribution < -0.4 is 5.32 Å². The highest BCUT2D eigenvalue weighted by Gasteiger charge is 2.28. The lowest BCUT2D eigenvalue weighted by atomic mass is 9.84. The summed E-state index contributed by atoms with van der Waals surface area (Å²) in [6.07, 6.45) is 8.39. The molecule has 1 aliphatic carbocycles. The van der Waals surface area contributed by atoms with Crippen LogP contribution in [0.2, 0.25) is 0 Å². The van der Waals surface area contributed by atoms with E-state index in [2.05, 4.69) is 25.9 Å². The third-order valence-electron chi connectivity index (χ3n) is 6.38. The molecule has 0 spiro atoms. The average molecular weight is 423 g/mol. The molecule has 8 nitrogen and oxygen atoms in total. The maximum absolute atomic E-state index is 12.7. The van der Waals surface area contributed by atoms with E-state index in [1.807, 2.05) is 26.1 Å². The zero-order chi connectivity index (χ0) is 22.0. The third-order valence-corrected chi connectivity index (χ3v) is 6.38. The van der Waals surface area contributed by atoms with Crippen molar-refractivity contribution in [3.8, 4) is 6.07 Å². The van der Waals surface area contributed by atoms with Gasteiger partial charge < -0.3 is 20.0 Å². The first kappa shape index (κ1) is 21.3. The Labute approximate surface area is 181 Å².